The third-order valence-electron chi connectivity index (χ3n) is 4.78. The molecule has 298 valence electrons. The van der Waals surface area contributed by atoms with Crippen molar-refractivity contribution in [2.45, 2.75) is 144 Å². The van der Waals surface area contributed by atoms with Crippen molar-refractivity contribution in [2.75, 3.05) is 0 Å². The first-order valence-corrected chi connectivity index (χ1v) is 20.4. The van der Waals surface area contributed by atoms with Crippen LogP contribution >= 0.6 is 0 Å². The Hall–Kier alpha value is -3.77. The molecule has 0 amide bonds. The quantitative estimate of drug-likeness (QED) is 0.159. The molecule has 0 aromatic heterocycles. The molecule has 0 aliphatic rings. The van der Waals surface area contributed by atoms with Crippen LogP contribution in [0.4, 0.5) is 0 Å². The molecule has 0 atom stereocenters. The molecule has 2 heteroatoms. The molecule has 0 unspecified atom stereocenters. The largest absolute Gasteiger partial charge is 0.0683 e. The maximum absolute atomic E-state index is 2.16. The Bertz CT molecular complexity index is 913. The molecule has 0 aliphatic carbocycles. The first kappa shape index (κ1) is 74.4. The van der Waals surface area contributed by atoms with E-state index in [1.54, 1.807) is 0 Å². The normalized spacial score (nSPS) is 6.62. The second kappa shape index (κ2) is 91.8. The molecule has 5 rings (SSSR count). The van der Waals surface area contributed by atoms with Gasteiger partial charge in [0.2, 0.25) is 0 Å². The summed E-state index contributed by atoms with van der Waals surface area (Å²) in [7, 11) is 0. The van der Waals surface area contributed by atoms with Crippen molar-refractivity contribution in [1.82, 2.24) is 0 Å². The topological polar surface area (TPSA) is 0 Å². The Kier molecular flexibility index (Phi) is 129. The van der Waals surface area contributed by atoms with Gasteiger partial charge in [-0.15, -0.1) is 0 Å². The van der Waals surface area contributed by atoms with Gasteiger partial charge in [-0.3, -0.25) is 0 Å². The molecule has 6 radical (unpaired) electrons. The van der Waals surface area contributed by atoms with E-state index in [0.29, 0.717) is 0 Å². The third kappa shape index (κ3) is 78.5. The lowest BCUT2D eigenvalue weighted by molar-refractivity contribution is 1.14. The van der Waals surface area contributed by atoms with Gasteiger partial charge < -0.3 is 0 Å². The van der Waals surface area contributed by atoms with Gasteiger partial charge in [-0.1, -0.05) is 294 Å². The van der Waals surface area contributed by atoms with Gasteiger partial charge in [0.05, 0.1) is 0 Å². The van der Waals surface area contributed by atoms with Crippen molar-refractivity contribution in [3.63, 3.8) is 0 Å². The average Bonchev–Trinajstić information content (AvgIpc) is 3.29. The van der Waals surface area contributed by atoms with Crippen molar-refractivity contribution >= 4 is 16.8 Å². The minimum absolute atomic E-state index is 0. The molecule has 0 bridgehead atoms. The van der Waals surface area contributed by atoms with E-state index in [9.17, 15) is 0 Å². The maximum atomic E-state index is 2.16. The molecule has 0 nitrogen and oxygen atoms in total. The number of hydrogen-bond donors (Lipinski definition) is 0. The molecule has 0 spiro atoms. The molecule has 0 fully saturated rings. The molecule has 53 heavy (non-hydrogen) atoms. The van der Waals surface area contributed by atoms with Gasteiger partial charge in [-0.25, -0.2) is 0 Å². The highest BCUT2D eigenvalue weighted by atomic mass is 13.9. The highest BCUT2D eigenvalue weighted by molar-refractivity contribution is 5.76. The lowest BCUT2D eigenvalue weighted by Crippen LogP contribution is -1.73. The van der Waals surface area contributed by atoms with Crippen LogP contribution in [-0.4, -0.2) is 16.8 Å². The summed E-state index contributed by atoms with van der Waals surface area (Å²) in [4.78, 5) is 0. The van der Waals surface area contributed by atoms with Gasteiger partial charge >= 0.3 is 0 Å². The lowest BCUT2D eigenvalue weighted by Gasteiger charge is -1.89. The van der Waals surface area contributed by atoms with E-state index in [4.69, 9.17) is 0 Å². The van der Waals surface area contributed by atoms with Crippen LogP contribution in [0.5, 0.6) is 0 Å². The van der Waals surface area contributed by atoms with E-state index in [0.717, 1.165) is 12.8 Å². The van der Waals surface area contributed by atoms with Gasteiger partial charge in [0.1, 0.15) is 0 Å². The van der Waals surface area contributed by atoms with Crippen molar-refractivity contribution in [3.05, 3.63) is 180 Å². The summed E-state index contributed by atoms with van der Waals surface area (Å²) in [6.45, 7) is 38.4. The predicted octanol–water partition coefficient (Wildman–Crippen LogP) is 17.3. The van der Waals surface area contributed by atoms with E-state index < -0.39 is 0 Å². The summed E-state index contributed by atoms with van der Waals surface area (Å²) in [6, 6.07) is 55.2. The lowest BCUT2D eigenvalue weighted by atomic mass is 10.2. The van der Waals surface area contributed by atoms with Crippen LogP contribution in [0.15, 0.2) is 164 Å². The number of aryl methyl sites for hydroxylation is 3. The summed E-state index contributed by atoms with van der Waals surface area (Å²) in [5.74, 6) is 0. The highest BCUT2D eigenvalue weighted by Gasteiger charge is 1.80. The second-order valence-electron chi connectivity index (χ2n) is 7.64. The van der Waals surface area contributed by atoms with Crippen LogP contribution < -0.4 is 0 Å². The zero-order chi connectivity index (χ0) is 41.2. The number of hydrogen-bond acceptors (Lipinski definition) is 0. The monoisotopic (exact) mass is 723 g/mol. The standard InChI is InChI=1S/2C8H10.C7H8.2C6H6.8C2H6.2B/c2*1-2-8-6-4-3-5-7-8;1-7-5-3-2-4-6-7;2*1-2-4-6-5-3-1;8*1-2;;/h2*3-7H,2H2,1H3;2-6H,1H3;2*1-6H;8*1-2H3;;. The first-order valence-electron chi connectivity index (χ1n) is 20.4. The van der Waals surface area contributed by atoms with E-state index in [1.165, 1.54) is 16.7 Å². The Balaban J connectivity index is -0.0000000494. The Morgan fingerprint density at radius 2 is 0.377 bits per heavy atom. The molecule has 0 saturated carbocycles. The van der Waals surface area contributed by atoms with Crippen molar-refractivity contribution in [1.29, 1.82) is 0 Å². The molecule has 0 N–H and O–H groups in total. The minimum atomic E-state index is 0. The number of rotatable bonds is 2. The summed E-state index contributed by atoms with van der Waals surface area (Å²) in [5.41, 5.74) is 4.14. The van der Waals surface area contributed by atoms with E-state index in [1.807, 2.05) is 214 Å². The molecule has 0 aliphatic heterocycles. The average molecular weight is 723 g/mol. The predicted molar refractivity (Wildman–Crippen MR) is 258 cm³/mol. The fourth-order valence-corrected chi connectivity index (χ4v) is 2.73. The first-order chi connectivity index (χ1) is 25.3. The Labute approximate surface area is 340 Å². The summed E-state index contributed by atoms with van der Waals surface area (Å²) in [6.07, 6.45) is 2.28. The fourth-order valence-electron chi connectivity index (χ4n) is 2.73. The summed E-state index contributed by atoms with van der Waals surface area (Å²) >= 11 is 0. The SMILES string of the molecule is CC.CC.CC.CC.CC.CC.CC.CC.CCc1ccccc1.CCc1ccccc1.Cc1ccccc1.[B].[B].c1ccccc1.c1ccccc1. The summed E-state index contributed by atoms with van der Waals surface area (Å²) < 4.78 is 0. The van der Waals surface area contributed by atoms with Gasteiger partial charge in [0.15, 0.2) is 0 Å². The van der Waals surface area contributed by atoms with Crippen LogP contribution in [0.2, 0.25) is 0 Å². The van der Waals surface area contributed by atoms with Crippen molar-refractivity contribution < 1.29 is 0 Å². The minimum Gasteiger partial charge on any atom is -0.0683 e. The van der Waals surface area contributed by atoms with Gasteiger partial charge in [-0.2, -0.15) is 0 Å². The Morgan fingerprint density at radius 3 is 0.472 bits per heavy atom. The van der Waals surface area contributed by atoms with E-state index in [2.05, 4.69) is 81.4 Å². The zero-order valence-electron chi connectivity index (χ0n) is 38.7. The zero-order valence-corrected chi connectivity index (χ0v) is 38.7. The van der Waals surface area contributed by atoms with Crippen LogP contribution in [0, 0.1) is 6.92 Å². The molecule has 0 saturated heterocycles. The van der Waals surface area contributed by atoms with Gasteiger partial charge in [0, 0.05) is 16.8 Å². The third-order valence-corrected chi connectivity index (χ3v) is 4.78. The van der Waals surface area contributed by atoms with E-state index >= 15 is 0 Å². The van der Waals surface area contributed by atoms with Crippen LogP contribution in [0.25, 0.3) is 0 Å². The van der Waals surface area contributed by atoms with Crippen LogP contribution in [0.3, 0.4) is 0 Å². The second-order valence-corrected chi connectivity index (χ2v) is 7.64. The molecule has 5 aromatic rings. The molecular weight excluding hydrogens is 634 g/mol. The van der Waals surface area contributed by atoms with E-state index in [-0.39, 0.29) is 16.8 Å². The smallest absolute Gasteiger partial charge is 0 e. The van der Waals surface area contributed by atoms with Crippen molar-refractivity contribution in [2.24, 2.45) is 0 Å². The molecular formula is C51H88B2. The number of benzene rings is 5. The van der Waals surface area contributed by atoms with Crippen LogP contribution in [-0.2, 0) is 12.8 Å². The maximum Gasteiger partial charge on any atom is 0 e. The van der Waals surface area contributed by atoms with Gasteiger partial charge in [0.25, 0.3) is 0 Å². The van der Waals surface area contributed by atoms with Gasteiger partial charge in [-0.05, 0) is 30.9 Å². The fraction of sp³-hybridized carbons (Fsp3) is 0.412. The molecule has 0 heterocycles. The van der Waals surface area contributed by atoms with Crippen molar-refractivity contribution in [3.8, 4) is 0 Å². The summed E-state index contributed by atoms with van der Waals surface area (Å²) in [5, 5.41) is 0. The highest BCUT2D eigenvalue weighted by Crippen LogP contribution is 1.97. The molecule has 5 aromatic carbocycles. The Morgan fingerprint density at radius 1 is 0.245 bits per heavy atom. The van der Waals surface area contributed by atoms with Crippen LogP contribution in [0.1, 0.15) is 141 Å².